The van der Waals surface area contributed by atoms with Gasteiger partial charge >= 0.3 is 0 Å². The number of hydrogen-bond donors (Lipinski definition) is 1. The van der Waals surface area contributed by atoms with Crippen molar-refractivity contribution >= 4 is 15.9 Å². The topological polar surface area (TPSA) is 49.8 Å². The summed E-state index contributed by atoms with van der Waals surface area (Å²) in [5, 5.41) is 8.77. The van der Waals surface area contributed by atoms with Gasteiger partial charge in [0.1, 0.15) is 0 Å². The molecule has 72 valence electrons. The maximum absolute atomic E-state index is 8.77. The first-order valence-corrected chi connectivity index (χ1v) is 5.03. The molecule has 1 aromatic rings. The van der Waals surface area contributed by atoms with Crippen LogP contribution in [-0.4, -0.2) is 0 Å². The van der Waals surface area contributed by atoms with E-state index in [1.807, 2.05) is 6.07 Å². The minimum Gasteiger partial charge on any atom is -0.324 e. The molecule has 0 aliphatic rings. The zero-order chi connectivity index (χ0) is 10.6. The molecule has 1 atom stereocenters. The largest absolute Gasteiger partial charge is 0.324 e. The fourth-order valence-corrected chi connectivity index (χ4v) is 1.72. The van der Waals surface area contributed by atoms with Gasteiger partial charge in [-0.1, -0.05) is 22.0 Å². The number of nitriles is 1. The number of halogens is 1. The summed E-state index contributed by atoms with van der Waals surface area (Å²) < 4.78 is 0.881. The van der Waals surface area contributed by atoms with E-state index in [1.165, 1.54) is 0 Å². The molecule has 1 aromatic carbocycles. The van der Waals surface area contributed by atoms with Crippen molar-refractivity contribution in [2.45, 2.75) is 12.5 Å². The third-order valence-corrected chi connectivity index (χ3v) is 2.36. The second kappa shape index (κ2) is 4.94. The summed E-state index contributed by atoms with van der Waals surface area (Å²) in [5.74, 6) is 0. The van der Waals surface area contributed by atoms with E-state index in [0.29, 0.717) is 12.0 Å². The standard InChI is InChI=1S/C11H11BrN2/c1-2-3-11(14)9-4-8(7-13)5-10(12)6-9/h2,4-6,11H,1,3,14H2/t11-/m1/s1. The number of nitrogens with two attached hydrogens (primary N) is 1. The molecular formula is C11H11BrN2. The maximum Gasteiger partial charge on any atom is 0.0992 e. The van der Waals surface area contributed by atoms with Gasteiger partial charge < -0.3 is 5.73 Å². The van der Waals surface area contributed by atoms with Crippen LogP contribution >= 0.6 is 15.9 Å². The van der Waals surface area contributed by atoms with Gasteiger partial charge in [-0.15, -0.1) is 6.58 Å². The lowest BCUT2D eigenvalue weighted by atomic mass is 10.0. The normalized spacial score (nSPS) is 11.8. The van der Waals surface area contributed by atoms with Crippen LogP contribution in [0.3, 0.4) is 0 Å². The second-order valence-electron chi connectivity index (χ2n) is 3.02. The highest BCUT2D eigenvalue weighted by atomic mass is 79.9. The van der Waals surface area contributed by atoms with Crippen LogP contribution in [0.2, 0.25) is 0 Å². The fraction of sp³-hybridized carbons (Fsp3) is 0.182. The zero-order valence-electron chi connectivity index (χ0n) is 7.70. The van der Waals surface area contributed by atoms with E-state index in [9.17, 15) is 0 Å². The highest BCUT2D eigenvalue weighted by Crippen LogP contribution is 2.21. The molecule has 2 N–H and O–H groups in total. The Morgan fingerprint density at radius 2 is 2.29 bits per heavy atom. The Bertz CT molecular complexity index is 379. The van der Waals surface area contributed by atoms with Gasteiger partial charge in [0.2, 0.25) is 0 Å². The Morgan fingerprint density at radius 1 is 1.57 bits per heavy atom. The number of rotatable bonds is 3. The Labute approximate surface area is 92.2 Å². The number of nitrogens with zero attached hydrogens (tertiary/aromatic N) is 1. The highest BCUT2D eigenvalue weighted by Gasteiger charge is 2.06. The van der Waals surface area contributed by atoms with E-state index >= 15 is 0 Å². The van der Waals surface area contributed by atoms with E-state index in [4.69, 9.17) is 11.0 Å². The molecular weight excluding hydrogens is 240 g/mol. The van der Waals surface area contributed by atoms with Crippen molar-refractivity contribution in [1.29, 1.82) is 5.26 Å². The first-order valence-electron chi connectivity index (χ1n) is 4.24. The lowest BCUT2D eigenvalue weighted by Gasteiger charge is -2.10. The molecule has 0 heterocycles. The average molecular weight is 251 g/mol. The van der Waals surface area contributed by atoms with Crippen molar-refractivity contribution in [2.75, 3.05) is 0 Å². The van der Waals surface area contributed by atoms with Crippen molar-refractivity contribution in [3.63, 3.8) is 0 Å². The van der Waals surface area contributed by atoms with E-state index in [1.54, 1.807) is 18.2 Å². The second-order valence-corrected chi connectivity index (χ2v) is 3.93. The molecule has 0 saturated carbocycles. The van der Waals surface area contributed by atoms with Gasteiger partial charge in [0.25, 0.3) is 0 Å². The van der Waals surface area contributed by atoms with Crippen LogP contribution in [0.5, 0.6) is 0 Å². The van der Waals surface area contributed by atoms with Gasteiger partial charge in [0, 0.05) is 10.5 Å². The van der Waals surface area contributed by atoms with E-state index < -0.39 is 0 Å². The quantitative estimate of drug-likeness (QED) is 0.839. The predicted molar refractivity (Wildman–Crippen MR) is 60.6 cm³/mol. The van der Waals surface area contributed by atoms with Gasteiger partial charge in [-0.05, 0) is 30.2 Å². The average Bonchev–Trinajstić information content (AvgIpc) is 2.17. The Balaban J connectivity index is 3.03. The van der Waals surface area contributed by atoms with Gasteiger partial charge in [0.05, 0.1) is 11.6 Å². The molecule has 0 radical (unpaired) electrons. The lowest BCUT2D eigenvalue weighted by molar-refractivity contribution is 0.741. The summed E-state index contributed by atoms with van der Waals surface area (Å²) in [7, 11) is 0. The summed E-state index contributed by atoms with van der Waals surface area (Å²) in [4.78, 5) is 0. The summed E-state index contributed by atoms with van der Waals surface area (Å²) in [6.45, 7) is 3.63. The van der Waals surface area contributed by atoms with Crippen LogP contribution in [0.15, 0.2) is 35.3 Å². The first-order chi connectivity index (χ1) is 6.67. The molecule has 0 aromatic heterocycles. The molecule has 0 unspecified atom stereocenters. The summed E-state index contributed by atoms with van der Waals surface area (Å²) in [5.41, 5.74) is 7.47. The molecule has 0 spiro atoms. The van der Waals surface area contributed by atoms with Crippen molar-refractivity contribution in [2.24, 2.45) is 5.73 Å². The Morgan fingerprint density at radius 3 is 2.86 bits per heavy atom. The van der Waals surface area contributed by atoms with Crippen LogP contribution < -0.4 is 5.73 Å². The fourth-order valence-electron chi connectivity index (χ4n) is 1.21. The monoisotopic (exact) mass is 250 g/mol. The van der Waals surface area contributed by atoms with Gasteiger partial charge in [0.15, 0.2) is 0 Å². The van der Waals surface area contributed by atoms with Gasteiger partial charge in [-0.2, -0.15) is 5.26 Å². The first kappa shape index (κ1) is 11.0. The van der Waals surface area contributed by atoms with Crippen molar-refractivity contribution in [3.05, 3.63) is 46.5 Å². The number of benzene rings is 1. The van der Waals surface area contributed by atoms with E-state index in [0.717, 1.165) is 10.0 Å². The Kier molecular flexibility index (Phi) is 3.87. The third-order valence-electron chi connectivity index (χ3n) is 1.90. The Hall–Kier alpha value is -1.11. The van der Waals surface area contributed by atoms with Crippen molar-refractivity contribution < 1.29 is 0 Å². The van der Waals surface area contributed by atoms with Gasteiger partial charge in [-0.25, -0.2) is 0 Å². The van der Waals surface area contributed by atoms with Crippen LogP contribution in [-0.2, 0) is 0 Å². The van der Waals surface area contributed by atoms with Crippen LogP contribution in [0, 0.1) is 11.3 Å². The van der Waals surface area contributed by atoms with Crippen molar-refractivity contribution in [1.82, 2.24) is 0 Å². The van der Waals surface area contributed by atoms with E-state index in [2.05, 4.69) is 28.6 Å². The maximum atomic E-state index is 8.77. The van der Waals surface area contributed by atoms with Crippen molar-refractivity contribution in [3.8, 4) is 6.07 Å². The smallest absolute Gasteiger partial charge is 0.0992 e. The van der Waals surface area contributed by atoms with Crippen LogP contribution in [0.4, 0.5) is 0 Å². The SMILES string of the molecule is C=CC[C@@H](N)c1cc(Br)cc(C#N)c1. The molecule has 0 amide bonds. The van der Waals surface area contributed by atoms with Crippen LogP contribution in [0.25, 0.3) is 0 Å². The molecule has 2 nitrogen and oxygen atoms in total. The zero-order valence-corrected chi connectivity index (χ0v) is 9.29. The molecule has 0 saturated heterocycles. The molecule has 14 heavy (non-hydrogen) atoms. The molecule has 0 aliphatic carbocycles. The molecule has 0 bridgehead atoms. The summed E-state index contributed by atoms with van der Waals surface area (Å²) in [6.07, 6.45) is 2.49. The van der Waals surface area contributed by atoms with Gasteiger partial charge in [-0.3, -0.25) is 0 Å². The third kappa shape index (κ3) is 2.69. The van der Waals surface area contributed by atoms with Crippen LogP contribution in [0.1, 0.15) is 23.6 Å². The summed E-state index contributed by atoms with van der Waals surface area (Å²) in [6, 6.07) is 7.51. The number of hydrogen-bond acceptors (Lipinski definition) is 2. The summed E-state index contributed by atoms with van der Waals surface area (Å²) >= 11 is 3.34. The molecule has 3 heteroatoms. The minimum absolute atomic E-state index is 0.0860. The van der Waals surface area contributed by atoms with E-state index in [-0.39, 0.29) is 6.04 Å². The molecule has 1 rings (SSSR count). The molecule has 0 fully saturated rings. The molecule has 0 aliphatic heterocycles. The highest BCUT2D eigenvalue weighted by molar-refractivity contribution is 9.10. The predicted octanol–water partition coefficient (Wildman–Crippen LogP) is 2.90. The minimum atomic E-state index is -0.0860. The lowest BCUT2D eigenvalue weighted by Crippen LogP contribution is -2.09.